The molecule has 2 aromatic heterocycles. The molecule has 0 saturated carbocycles. The molecule has 0 unspecified atom stereocenters. The summed E-state index contributed by atoms with van der Waals surface area (Å²) in [5.41, 5.74) is 10.3. The molecule has 2 heterocycles. The fourth-order valence-corrected chi connectivity index (χ4v) is 9.10. The van der Waals surface area contributed by atoms with Crippen molar-refractivity contribution in [3.63, 3.8) is 0 Å². The highest BCUT2D eigenvalue weighted by Crippen LogP contribution is 2.50. The van der Waals surface area contributed by atoms with Crippen molar-refractivity contribution in [2.75, 3.05) is 0 Å². The molecule has 0 atom stereocenters. The van der Waals surface area contributed by atoms with Crippen LogP contribution < -0.4 is 0 Å². The van der Waals surface area contributed by atoms with E-state index in [1.54, 1.807) is 0 Å². The van der Waals surface area contributed by atoms with Crippen LogP contribution in [0.5, 0.6) is 0 Å². The first-order valence-corrected chi connectivity index (χ1v) is 18.5. The van der Waals surface area contributed by atoms with Crippen LogP contribution in [0.15, 0.2) is 191 Å². The molecule has 0 fully saturated rings. The SMILES string of the molecule is c1ccc2c(-c3c4ccccc4c(-c4cccc5ccccc45)c4cc(-c5c6oc7ccccc7c6cc6c5oc5ccccc56)ccc34)cccc2c1. The lowest BCUT2D eigenvalue weighted by Gasteiger charge is -2.20. The minimum atomic E-state index is 0.837. The molecule has 0 spiro atoms. The van der Waals surface area contributed by atoms with Crippen molar-refractivity contribution in [2.24, 2.45) is 0 Å². The highest BCUT2D eigenvalue weighted by molar-refractivity contribution is 6.27. The van der Waals surface area contributed by atoms with E-state index >= 15 is 0 Å². The van der Waals surface area contributed by atoms with Crippen molar-refractivity contribution in [2.45, 2.75) is 0 Å². The average molecular weight is 687 g/mol. The average Bonchev–Trinajstić information content (AvgIpc) is 3.79. The molecule has 12 aromatic rings. The third-order valence-electron chi connectivity index (χ3n) is 11.4. The molecule has 54 heavy (non-hydrogen) atoms. The van der Waals surface area contributed by atoms with Crippen molar-refractivity contribution in [1.29, 1.82) is 0 Å². The van der Waals surface area contributed by atoms with E-state index in [4.69, 9.17) is 8.83 Å². The second-order valence-electron chi connectivity index (χ2n) is 14.3. The fourth-order valence-electron chi connectivity index (χ4n) is 9.10. The Morgan fingerprint density at radius 2 is 0.685 bits per heavy atom. The summed E-state index contributed by atoms with van der Waals surface area (Å²) in [5.74, 6) is 0. The molecule has 0 aliphatic heterocycles. The quantitative estimate of drug-likeness (QED) is 0.173. The van der Waals surface area contributed by atoms with Gasteiger partial charge in [0.05, 0.1) is 5.56 Å². The van der Waals surface area contributed by atoms with Crippen LogP contribution in [0, 0.1) is 0 Å². The lowest BCUT2D eigenvalue weighted by molar-refractivity contribution is 0.658. The van der Waals surface area contributed by atoms with Gasteiger partial charge < -0.3 is 8.83 Å². The number of hydrogen-bond acceptors (Lipinski definition) is 2. The summed E-state index contributed by atoms with van der Waals surface area (Å²) in [6.07, 6.45) is 0. The Morgan fingerprint density at radius 3 is 1.24 bits per heavy atom. The van der Waals surface area contributed by atoms with Crippen LogP contribution in [0.2, 0.25) is 0 Å². The summed E-state index contributed by atoms with van der Waals surface area (Å²) < 4.78 is 13.6. The molecule has 250 valence electrons. The monoisotopic (exact) mass is 686 g/mol. The Balaban J connectivity index is 1.28. The van der Waals surface area contributed by atoms with Crippen LogP contribution in [0.3, 0.4) is 0 Å². The van der Waals surface area contributed by atoms with Gasteiger partial charge in [0.25, 0.3) is 0 Å². The van der Waals surface area contributed by atoms with Gasteiger partial charge in [-0.05, 0) is 95.2 Å². The van der Waals surface area contributed by atoms with E-state index in [0.717, 1.165) is 55.0 Å². The molecule has 0 saturated heterocycles. The van der Waals surface area contributed by atoms with Crippen molar-refractivity contribution in [1.82, 2.24) is 0 Å². The summed E-state index contributed by atoms with van der Waals surface area (Å²) >= 11 is 0. The molecule has 0 bridgehead atoms. The molecule has 0 amide bonds. The lowest BCUT2D eigenvalue weighted by Crippen LogP contribution is -1.93. The Morgan fingerprint density at radius 1 is 0.259 bits per heavy atom. The number of hydrogen-bond donors (Lipinski definition) is 0. The first kappa shape index (κ1) is 29.4. The molecule has 0 N–H and O–H groups in total. The van der Waals surface area contributed by atoms with E-state index < -0.39 is 0 Å². The number of para-hydroxylation sites is 2. The topological polar surface area (TPSA) is 26.3 Å². The standard InChI is InChI=1S/C52H30O2/c1-3-17-34-31(13-1)15-11-23-38(34)49-40-21-5-6-22-41(40)50(39-24-12-16-32-14-2-4-18-35(32)39)43-29-33(27-28-42(43)49)48-51-44(36-19-7-9-25-46(36)53-51)30-45-37-20-8-10-26-47(37)54-52(45)48/h1-30H. The normalized spacial score (nSPS) is 12.1. The number of rotatable bonds is 3. The zero-order valence-corrected chi connectivity index (χ0v) is 29.1. The minimum Gasteiger partial charge on any atom is -0.455 e. The Labute approximate surface area is 310 Å². The van der Waals surface area contributed by atoms with Crippen molar-refractivity contribution < 1.29 is 8.83 Å². The van der Waals surface area contributed by atoms with Gasteiger partial charge in [0.15, 0.2) is 0 Å². The zero-order chi connectivity index (χ0) is 35.3. The zero-order valence-electron chi connectivity index (χ0n) is 29.1. The van der Waals surface area contributed by atoms with Gasteiger partial charge in [-0.3, -0.25) is 0 Å². The molecule has 0 radical (unpaired) electrons. The van der Waals surface area contributed by atoms with Gasteiger partial charge >= 0.3 is 0 Å². The van der Waals surface area contributed by atoms with Gasteiger partial charge in [-0.2, -0.15) is 0 Å². The molecular formula is C52H30O2. The molecule has 10 aromatic carbocycles. The maximum atomic E-state index is 6.78. The van der Waals surface area contributed by atoms with Crippen molar-refractivity contribution >= 4 is 87.0 Å². The largest absolute Gasteiger partial charge is 0.455 e. The van der Waals surface area contributed by atoms with Gasteiger partial charge in [0, 0.05) is 21.5 Å². The fraction of sp³-hybridized carbons (Fsp3) is 0. The van der Waals surface area contributed by atoms with Gasteiger partial charge in [-0.25, -0.2) is 0 Å². The molecule has 2 heteroatoms. The predicted molar refractivity (Wildman–Crippen MR) is 227 cm³/mol. The molecule has 0 aliphatic rings. The van der Waals surface area contributed by atoms with Gasteiger partial charge in [0.1, 0.15) is 22.3 Å². The maximum Gasteiger partial charge on any atom is 0.147 e. The Kier molecular flexibility index (Phi) is 6.09. The molecule has 12 rings (SSSR count). The molecule has 0 aliphatic carbocycles. The number of benzene rings is 10. The van der Waals surface area contributed by atoms with Crippen molar-refractivity contribution in [3.05, 3.63) is 182 Å². The predicted octanol–water partition coefficient (Wildman–Crippen LogP) is 15.1. The maximum absolute atomic E-state index is 6.78. The van der Waals surface area contributed by atoms with Crippen LogP contribution in [0.25, 0.3) is 120 Å². The summed E-state index contributed by atoms with van der Waals surface area (Å²) in [7, 11) is 0. The van der Waals surface area contributed by atoms with Gasteiger partial charge in [0.2, 0.25) is 0 Å². The third kappa shape index (κ3) is 4.11. The van der Waals surface area contributed by atoms with E-state index in [-0.39, 0.29) is 0 Å². The summed E-state index contributed by atoms with van der Waals surface area (Å²) in [6.45, 7) is 0. The minimum absolute atomic E-state index is 0.837. The second-order valence-corrected chi connectivity index (χ2v) is 14.3. The third-order valence-corrected chi connectivity index (χ3v) is 11.4. The van der Waals surface area contributed by atoms with Crippen LogP contribution in [0.4, 0.5) is 0 Å². The van der Waals surface area contributed by atoms with Crippen LogP contribution in [-0.2, 0) is 0 Å². The van der Waals surface area contributed by atoms with E-state index in [1.165, 1.54) is 65.3 Å². The lowest BCUT2D eigenvalue weighted by atomic mass is 9.82. The van der Waals surface area contributed by atoms with E-state index in [2.05, 4.69) is 170 Å². The smallest absolute Gasteiger partial charge is 0.147 e. The molecular weight excluding hydrogens is 657 g/mol. The summed E-state index contributed by atoms with van der Waals surface area (Å²) in [4.78, 5) is 0. The Bertz CT molecular complexity index is 3410. The highest BCUT2D eigenvalue weighted by atomic mass is 16.3. The molecule has 2 nitrogen and oxygen atoms in total. The highest BCUT2D eigenvalue weighted by Gasteiger charge is 2.24. The summed E-state index contributed by atoms with van der Waals surface area (Å²) in [5, 5.41) is 14.1. The van der Waals surface area contributed by atoms with Crippen LogP contribution in [-0.4, -0.2) is 0 Å². The number of furan rings is 2. The first-order chi connectivity index (χ1) is 26.8. The van der Waals surface area contributed by atoms with E-state index in [0.29, 0.717) is 0 Å². The number of fused-ring (bicyclic) bond motifs is 10. The van der Waals surface area contributed by atoms with Crippen LogP contribution in [0.1, 0.15) is 0 Å². The Hall–Kier alpha value is -7.16. The van der Waals surface area contributed by atoms with E-state index in [1.807, 2.05) is 12.1 Å². The summed E-state index contributed by atoms with van der Waals surface area (Å²) in [6, 6.07) is 65.6. The second kappa shape index (κ2) is 11.2. The van der Waals surface area contributed by atoms with Gasteiger partial charge in [-0.15, -0.1) is 0 Å². The first-order valence-electron chi connectivity index (χ1n) is 18.5. The van der Waals surface area contributed by atoms with Crippen molar-refractivity contribution in [3.8, 4) is 33.4 Å². The van der Waals surface area contributed by atoms with Crippen LogP contribution >= 0.6 is 0 Å². The van der Waals surface area contributed by atoms with Gasteiger partial charge in [-0.1, -0.05) is 158 Å². The van der Waals surface area contributed by atoms with E-state index in [9.17, 15) is 0 Å².